The summed E-state index contributed by atoms with van der Waals surface area (Å²) >= 11 is 0. The average Bonchev–Trinajstić information content (AvgIpc) is 3.37. The van der Waals surface area contributed by atoms with Crippen molar-refractivity contribution in [2.45, 2.75) is 31.1 Å². The minimum atomic E-state index is -1.26. The highest BCUT2D eigenvalue weighted by Crippen LogP contribution is 2.34. The van der Waals surface area contributed by atoms with Gasteiger partial charge in [0.05, 0.1) is 26.6 Å². The Labute approximate surface area is 158 Å². The van der Waals surface area contributed by atoms with Crippen molar-refractivity contribution >= 4 is 17.0 Å². The molecule has 1 saturated heterocycles. The summed E-state index contributed by atoms with van der Waals surface area (Å²) in [6.07, 6.45) is -0.368. The normalized spacial score (nSPS) is 24.7. The van der Waals surface area contributed by atoms with Crippen molar-refractivity contribution < 1.29 is 34.3 Å². The number of rotatable bonds is 6. The zero-order valence-corrected chi connectivity index (χ0v) is 14.8. The third kappa shape index (κ3) is 2.92. The first kappa shape index (κ1) is 18.4. The first-order chi connectivity index (χ1) is 13.5. The van der Waals surface area contributed by atoms with Gasteiger partial charge in [0, 0.05) is 0 Å². The lowest BCUT2D eigenvalue weighted by Crippen LogP contribution is -2.33. The minimum absolute atomic E-state index is 0.113. The molecule has 0 spiro atoms. The Hall–Kier alpha value is -2.93. The highest BCUT2D eigenvalue weighted by Gasteiger charge is 2.44. The van der Waals surface area contributed by atoms with Crippen LogP contribution in [0.25, 0.3) is 11.2 Å². The summed E-state index contributed by atoms with van der Waals surface area (Å²) in [4.78, 5) is 12.6. The van der Waals surface area contributed by atoms with Crippen LogP contribution in [0.2, 0.25) is 0 Å². The van der Waals surface area contributed by atoms with E-state index in [9.17, 15) is 20.4 Å². The van der Waals surface area contributed by atoms with Gasteiger partial charge in [0.1, 0.15) is 30.9 Å². The van der Waals surface area contributed by atoms with Gasteiger partial charge < -0.3 is 39.6 Å². The molecule has 1 fully saturated rings. The Morgan fingerprint density at radius 3 is 2.75 bits per heavy atom. The van der Waals surface area contributed by atoms with Crippen LogP contribution in [0, 0.1) is 0 Å². The van der Waals surface area contributed by atoms with Gasteiger partial charge in [-0.25, -0.2) is 15.0 Å². The molecule has 0 bridgehead atoms. The lowest BCUT2D eigenvalue weighted by atomic mass is 10.1. The Kier molecular flexibility index (Phi) is 4.77. The predicted octanol–water partition coefficient (Wildman–Crippen LogP) is -0.643. The van der Waals surface area contributed by atoms with Gasteiger partial charge >= 0.3 is 0 Å². The molecule has 3 aromatic rings. The standard InChI is InChI=1S/C16H19N5O7/c1-26-9-4-27-7(11(9)23)2-17-14-10-15(19-5-18-14)21(6-20-10)16-13(25)12(24)8(3-22)28-16/h4-6,8,12-13,16,22-25H,2-3H2,1H3,(H,17,18,19)/t8-,12-,13+,16-/m1/s1. The SMILES string of the molecule is COc1coc(CNc2ncnc3c2ncn3[C@@H]2O[C@H](CO)[C@@H](O)[C@@H]2O)c1O. The van der Waals surface area contributed by atoms with Crippen LogP contribution in [0.1, 0.15) is 12.0 Å². The van der Waals surface area contributed by atoms with E-state index in [0.29, 0.717) is 17.0 Å². The van der Waals surface area contributed by atoms with E-state index >= 15 is 0 Å². The molecular formula is C16H19N5O7. The summed E-state index contributed by atoms with van der Waals surface area (Å²) in [6.45, 7) is -0.318. The van der Waals surface area contributed by atoms with Crippen LogP contribution >= 0.6 is 0 Å². The molecular weight excluding hydrogens is 374 g/mol. The number of imidazole rings is 1. The first-order valence-electron chi connectivity index (χ1n) is 8.42. The van der Waals surface area contributed by atoms with Crippen molar-refractivity contribution in [3.63, 3.8) is 0 Å². The number of aromatic hydroxyl groups is 1. The van der Waals surface area contributed by atoms with Crippen molar-refractivity contribution in [2.24, 2.45) is 0 Å². The smallest absolute Gasteiger partial charge is 0.202 e. The maximum Gasteiger partial charge on any atom is 0.202 e. The van der Waals surface area contributed by atoms with Gasteiger partial charge in [0.25, 0.3) is 0 Å². The molecule has 0 aliphatic carbocycles. The minimum Gasteiger partial charge on any atom is -0.502 e. The zero-order chi connectivity index (χ0) is 19.8. The second kappa shape index (κ2) is 7.24. The Morgan fingerprint density at radius 2 is 2.07 bits per heavy atom. The fourth-order valence-electron chi connectivity index (χ4n) is 3.09. The van der Waals surface area contributed by atoms with E-state index in [2.05, 4.69) is 20.3 Å². The van der Waals surface area contributed by atoms with E-state index in [-0.39, 0.29) is 23.8 Å². The number of fused-ring (bicyclic) bond motifs is 1. The van der Waals surface area contributed by atoms with Crippen LogP contribution in [0.4, 0.5) is 5.82 Å². The van der Waals surface area contributed by atoms with Crippen molar-refractivity contribution in [1.82, 2.24) is 19.5 Å². The van der Waals surface area contributed by atoms with Gasteiger partial charge in [-0.3, -0.25) is 4.57 Å². The van der Waals surface area contributed by atoms with Gasteiger partial charge in [-0.15, -0.1) is 0 Å². The van der Waals surface area contributed by atoms with E-state index in [1.165, 1.54) is 30.6 Å². The molecule has 4 atom stereocenters. The van der Waals surface area contributed by atoms with Gasteiger partial charge in [-0.2, -0.15) is 0 Å². The molecule has 4 rings (SSSR count). The summed E-state index contributed by atoms with van der Waals surface area (Å²) in [6, 6.07) is 0. The number of nitrogens with one attached hydrogen (secondary N) is 1. The molecule has 0 amide bonds. The van der Waals surface area contributed by atoms with Gasteiger partial charge in [-0.05, 0) is 0 Å². The quantitative estimate of drug-likeness (QED) is 0.361. The number of methoxy groups -OCH3 is 1. The van der Waals surface area contributed by atoms with Crippen LogP contribution in [-0.4, -0.2) is 72.0 Å². The van der Waals surface area contributed by atoms with Crippen LogP contribution in [0.15, 0.2) is 23.3 Å². The lowest BCUT2D eigenvalue weighted by Gasteiger charge is -2.16. The van der Waals surface area contributed by atoms with Gasteiger partial charge in [0.2, 0.25) is 5.75 Å². The second-order valence-corrected chi connectivity index (χ2v) is 6.20. The molecule has 4 heterocycles. The average molecular weight is 393 g/mol. The van der Waals surface area contributed by atoms with Gasteiger partial charge in [0.15, 0.2) is 34.7 Å². The maximum atomic E-state index is 10.2. The highest BCUT2D eigenvalue weighted by atomic mass is 16.6. The molecule has 5 N–H and O–H groups in total. The maximum absolute atomic E-state index is 10.2. The molecule has 3 aromatic heterocycles. The molecule has 0 radical (unpaired) electrons. The summed E-state index contributed by atoms with van der Waals surface area (Å²) in [5.74, 6) is 0.729. The summed E-state index contributed by atoms with van der Waals surface area (Å²) in [7, 11) is 1.42. The number of aliphatic hydroxyl groups is 3. The van der Waals surface area contributed by atoms with Crippen molar-refractivity contribution in [3.05, 3.63) is 24.7 Å². The fraction of sp³-hybridized carbons (Fsp3) is 0.438. The molecule has 1 aliphatic heterocycles. The van der Waals surface area contributed by atoms with Crippen molar-refractivity contribution in [1.29, 1.82) is 0 Å². The van der Waals surface area contributed by atoms with E-state index in [4.69, 9.17) is 13.9 Å². The van der Waals surface area contributed by atoms with E-state index in [1.54, 1.807) is 0 Å². The number of aromatic nitrogens is 4. The van der Waals surface area contributed by atoms with E-state index in [0.717, 1.165) is 0 Å². The molecule has 12 heteroatoms. The van der Waals surface area contributed by atoms with Gasteiger partial charge in [-0.1, -0.05) is 0 Å². The third-order valence-electron chi connectivity index (χ3n) is 4.59. The monoisotopic (exact) mass is 393 g/mol. The molecule has 12 nitrogen and oxygen atoms in total. The lowest BCUT2D eigenvalue weighted by molar-refractivity contribution is -0.0511. The van der Waals surface area contributed by atoms with Crippen LogP contribution in [0.3, 0.4) is 0 Å². The molecule has 0 unspecified atom stereocenters. The Balaban J connectivity index is 1.59. The van der Waals surface area contributed by atoms with E-state index < -0.39 is 31.1 Å². The number of anilines is 1. The van der Waals surface area contributed by atoms with Crippen LogP contribution in [0.5, 0.6) is 11.5 Å². The Morgan fingerprint density at radius 1 is 1.25 bits per heavy atom. The number of furan rings is 1. The molecule has 28 heavy (non-hydrogen) atoms. The highest BCUT2D eigenvalue weighted by molar-refractivity contribution is 5.82. The fourth-order valence-corrected chi connectivity index (χ4v) is 3.09. The number of hydrogen-bond donors (Lipinski definition) is 5. The number of nitrogens with zero attached hydrogens (tertiary/aromatic N) is 4. The molecule has 0 aromatic carbocycles. The number of ether oxygens (including phenoxy) is 2. The number of aliphatic hydroxyl groups excluding tert-OH is 3. The summed E-state index contributed by atoms with van der Waals surface area (Å²) < 4.78 is 17.2. The molecule has 150 valence electrons. The first-order valence-corrected chi connectivity index (χ1v) is 8.42. The van der Waals surface area contributed by atoms with Crippen molar-refractivity contribution in [2.75, 3.05) is 19.0 Å². The van der Waals surface area contributed by atoms with Crippen LogP contribution < -0.4 is 10.1 Å². The summed E-state index contributed by atoms with van der Waals surface area (Å²) in [5, 5.41) is 42.4. The third-order valence-corrected chi connectivity index (χ3v) is 4.59. The zero-order valence-electron chi connectivity index (χ0n) is 14.8. The Bertz CT molecular complexity index is 974. The largest absolute Gasteiger partial charge is 0.502 e. The topological polar surface area (TPSA) is 168 Å². The molecule has 0 saturated carbocycles. The summed E-state index contributed by atoms with van der Waals surface area (Å²) in [5.41, 5.74) is 0.742. The number of hydrogen-bond acceptors (Lipinski definition) is 11. The second-order valence-electron chi connectivity index (χ2n) is 6.20. The van der Waals surface area contributed by atoms with Crippen molar-refractivity contribution in [3.8, 4) is 11.5 Å². The molecule has 1 aliphatic rings. The van der Waals surface area contributed by atoms with E-state index in [1.807, 2.05) is 0 Å². The predicted molar refractivity (Wildman–Crippen MR) is 92.6 cm³/mol. The van der Waals surface area contributed by atoms with Crippen LogP contribution in [-0.2, 0) is 11.3 Å².